The molecule has 4 heteroatoms. The molecule has 0 spiro atoms. The van der Waals surface area contributed by atoms with Gasteiger partial charge in [-0.25, -0.2) is 4.98 Å². The van der Waals surface area contributed by atoms with Crippen molar-refractivity contribution in [3.8, 4) is 0 Å². The Hall–Kier alpha value is -1.13. The molecule has 3 N–H and O–H groups in total. The lowest BCUT2D eigenvalue weighted by molar-refractivity contribution is 0.167. The zero-order valence-electron chi connectivity index (χ0n) is 10.3. The van der Waals surface area contributed by atoms with E-state index < -0.39 is 0 Å². The molecular weight excluding hydrogens is 202 g/mol. The number of hydrogen-bond acceptors (Lipinski definition) is 4. The van der Waals surface area contributed by atoms with E-state index in [1.807, 2.05) is 6.92 Å². The lowest BCUT2D eigenvalue weighted by Gasteiger charge is -2.19. The lowest BCUT2D eigenvalue weighted by atomic mass is 10.1. The molecule has 1 unspecified atom stereocenters. The van der Waals surface area contributed by atoms with E-state index in [4.69, 9.17) is 10.5 Å². The molecule has 0 bridgehead atoms. The Labute approximate surface area is 97.2 Å². The molecule has 0 aliphatic rings. The number of aromatic nitrogens is 1. The molecule has 90 valence electrons. The molecule has 0 amide bonds. The van der Waals surface area contributed by atoms with E-state index in [0.29, 0.717) is 12.4 Å². The van der Waals surface area contributed by atoms with Gasteiger partial charge < -0.3 is 15.8 Å². The molecule has 4 nitrogen and oxygen atoms in total. The fourth-order valence-electron chi connectivity index (χ4n) is 1.63. The molecule has 1 aromatic rings. The topological polar surface area (TPSA) is 60.2 Å². The van der Waals surface area contributed by atoms with Gasteiger partial charge in [-0.05, 0) is 31.5 Å². The highest BCUT2D eigenvalue weighted by Crippen LogP contribution is 2.19. The largest absolute Gasteiger partial charge is 0.383 e. The average Bonchev–Trinajstić information content (AvgIpc) is 2.28. The second kappa shape index (κ2) is 6.45. The molecule has 1 rings (SSSR count). The molecule has 0 aromatic carbocycles. The van der Waals surface area contributed by atoms with Crippen molar-refractivity contribution in [1.82, 2.24) is 10.3 Å². The van der Waals surface area contributed by atoms with Gasteiger partial charge in [0.1, 0.15) is 5.82 Å². The number of ether oxygens (including phenoxy) is 1. The summed E-state index contributed by atoms with van der Waals surface area (Å²) in [6, 6.07) is 2.19. The average molecular weight is 223 g/mol. The van der Waals surface area contributed by atoms with Crippen LogP contribution in [0.3, 0.4) is 0 Å². The number of nitrogens with one attached hydrogen (secondary N) is 1. The smallest absolute Gasteiger partial charge is 0.128 e. The number of aryl methyl sites for hydroxylation is 1. The molecule has 16 heavy (non-hydrogen) atoms. The Morgan fingerprint density at radius 2 is 2.31 bits per heavy atom. The highest BCUT2D eigenvalue weighted by atomic mass is 16.5. The fourth-order valence-corrected chi connectivity index (χ4v) is 1.63. The van der Waals surface area contributed by atoms with Crippen molar-refractivity contribution in [2.45, 2.75) is 26.3 Å². The van der Waals surface area contributed by atoms with Crippen molar-refractivity contribution in [1.29, 1.82) is 0 Å². The summed E-state index contributed by atoms with van der Waals surface area (Å²) in [5.74, 6) is 0.580. The number of nitrogens with zero attached hydrogens (tertiary/aromatic N) is 1. The van der Waals surface area contributed by atoms with Crippen LogP contribution in [-0.2, 0) is 4.74 Å². The SMILES string of the molecule is CCCNC(COC)c1cc(C)cnc1N. The summed E-state index contributed by atoms with van der Waals surface area (Å²) in [6.07, 6.45) is 2.86. The zero-order chi connectivity index (χ0) is 12.0. The van der Waals surface area contributed by atoms with Crippen LogP contribution in [0.2, 0.25) is 0 Å². The number of anilines is 1. The third kappa shape index (κ3) is 3.47. The number of rotatable bonds is 6. The molecule has 0 saturated carbocycles. The quantitative estimate of drug-likeness (QED) is 0.770. The highest BCUT2D eigenvalue weighted by molar-refractivity contribution is 5.43. The highest BCUT2D eigenvalue weighted by Gasteiger charge is 2.14. The first-order valence-electron chi connectivity index (χ1n) is 5.63. The van der Waals surface area contributed by atoms with E-state index in [1.54, 1.807) is 13.3 Å². The number of nitrogens with two attached hydrogens (primary N) is 1. The Morgan fingerprint density at radius 1 is 1.56 bits per heavy atom. The van der Waals surface area contributed by atoms with Gasteiger partial charge in [-0.15, -0.1) is 0 Å². The molecule has 0 radical (unpaired) electrons. The molecule has 0 fully saturated rings. The number of methoxy groups -OCH3 is 1. The fraction of sp³-hybridized carbons (Fsp3) is 0.583. The first kappa shape index (κ1) is 12.9. The number of pyridine rings is 1. The summed E-state index contributed by atoms with van der Waals surface area (Å²) >= 11 is 0. The van der Waals surface area contributed by atoms with Crippen molar-refractivity contribution < 1.29 is 4.74 Å². The summed E-state index contributed by atoms with van der Waals surface area (Å²) in [5, 5.41) is 3.41. The molecule has 0 aliphatic heterocycles. The van der Waals surface area contributed by atoms with Gasteiger partial charge in [-0.2, -0.15) is 0 Å². The van der Waals surface area contributed by atoms with Crippen LogP contribution < -0.4 is 11.1 Å². The molecule has 0 saturated heterocycles. The van der Waals surface area contributed by atoms with Gasteiger partial charge in [0, 0.05) is 18.9 Å². The lowest BCUT2D eigenvalue weighted by Crippen LogP contribution is -2.27. The molecule has 1 aromatic heterocycles. The van der Waals surface area contributed by atoms with Gasteiger partial charge in [0.25, 0.3) is 0 Å². The number of hydrogen-bond donors (Lipinski definition) is 2. The van der Waals surface area contributed by atoms with Crippen LogP contribution in [0.25, 0.3) is 0 Å². The van der Waals surface area contributed by atoms with E-state index >= 15 is 0 Å². The minimum atomic E-state index is 0.123. The van der Waals surface area contributed by atoms with Crippen molar-refractivity contribution in [2.24, 2.45) is 0 Å². The van der Waals surface area contributed by atoms with Gasteiger partial charge in [0.05, 0.1) is 12.6 Å². The maximum atomic E-state index is 5.89. The number of nitrogen functional groups attached to an aromatic ring is 1. The third-order valence-electron chi connectivity index (χ3n) is 2.44. The molecule has 1 atom stereocenters. The predicted octanol–water partition coefficient (Wildman–Crippen LogP) is 1.66. The van der Waals surface area contributed by atoms with E-state index in [9.17, 15) is 0 Å². The third-order valence-corrected chi connectivity index (χ3v) is 2.44. The summed E-state index contributed by atoms with van der Waals surface area (Å²) in [4.78, 5) is 4.17. The second-order valence-corrected chi connectivity index (χ2v) is 3.95. The summed E-state index contributed by atoms with van der Waals surface area (Å²) < 4.78 is 5.20. The minimum Gasteiger partial charge on any atom is -0.383 e. The summed E-state index contributed by atoms with van der Waals surface area (Å²) in [6.45, 7) is 5.70. The first-order valence-corrected chi connectivity index (χ1v) is 5.63. The molecular formula is C12H21N3O. The molecule has 1 heterocycles. The van der Waals surface area contributed by atoms with Gasteiger partial charge in [0.2, 0.25) is 0 Å². The monoisotopic (exact) mass is 223 g/mol. The van der Waals surface area contributed by atoms with Crippen LogP contribution in [-0.4, -0.2) is 25.2 Å². The maximum Gasteiger partial charge on any atom is 0.128 e. The van der Waals surface area contributed by atoms with Crippen LogP contribution in [0.1, 0.15) is 30.5 Å². The van der Waals surface area contributed by atoms with Crippen molar-refractivity contribution in [2.75, 3.05) is 26.0 Å². The minimum absolute atomic E-state index is 0.123. The predicted molar refractivity (Wildman–Crippen MR) is 66.3 cm³/mol. The Kier molecular flexibility index (Phi) is 5.22. The van der Waals surface area contributed by atoms with Gasteiger partial charge >= 0.3 is 0 Å². The second-order valence-electron chi connectivity index (χ2n) is 3.95. The van der Waals surface area contributed by atoms with E-state index in [2.05, 4.69) is 23.3 Å². The Balaban J connectivity index is 2.85. The van der Waals surface area contributed by atoms with Crippen LogP contribution in [0.4, 0.5) is 5.82 Å². The summed E-state index contributed by atoms with van der Waals surface area (Å²) in [5.41, 5.74) is 8.02. The Bertz CT molecular complexity index is 328. The van der Waals surface area contributed by atoms with Gasteiger partial charge in [-0.3, -0.25) is 0 Å². The maximum absolute atomic E-state index is 5.89. The van der Waals surface area contributed by atoms with Crippen LogP contribution >= 0.6 is 0 Å². The van der Waals surface area contributed by atoms with Crippen molar-refractivity contribution in [3.05, 3.63) is 23.4 Å². The van der Waals surface area contributed by atoms with Crippen LogP contribution in [0.5, 0.6) is 0 Å². The van der Waals surface area contributed by atoms with E-state index in [-0.39, 0.29) is 6.04 Å². The standard InChI is InChI=1S/C12H21N3O/c1-4-5-14-11(8-16-3)10-6-9(2)7-15-12(10)13/h6-7,11,14H,4-5,8H2,1-3H3,(H2,13,15). The van der Waals surface area contributed by atoms with Crippen molar-refractivity contribution in [3.63, 3.8) is 0 Å². The van der Waals surface area contributed by atoms with E-state index in [0.717, 1.165) is 24.1 Å². The summed E-state index contributed by atoms with van der Waals surface area (Å²) in [7, 11) is 1.69. The van der Waals surface area contributed by atoms with Crippen LogP contribution in [0.15, 0.2) is 12.3 Å². The van der Waals surface area contributed by atoms with Gasteiger partial charge in [-0.1, -0.05) is 6.92 Å². The first-order chi connectivity index (χ1) is 7.69. The van der Waals surface area contributed by atoms with Gasteiger partial charge in [0.15, 0.2) is 0 Å². The molecule has 0 aliphatic carbocycles. The zero-order valence-corrected chi connectivity index (χ0v) is 10.3. The normalized spacial score (nSPS) is 12.7. The Morgan fingerprint density at radius 3 is 2.94 bits per heavy atom. The van der Waals surface area contributed by atoms with Crippen LogP contribution in [0, 0.1) is 6.92 Å². The van der Waals surface area contributed by atoms with E-state index in [1.165, 1.54) is 0 Å². The van der Waals surface area contributed by atoms with Crippen molar-refractivity contribution >= 4 is 5.82 Å².